The molecule has 34 heavy (non-hydrogen) atoms. The molecule has 0 aromatic heterocycles. The summed E-state index contributed by atoms with van der Waals surface area (Å²) in [6.45, 7) is 8.88. The average molecular weight is 481 g/mol. The largest absolute Gasteiger partial charge is 0.481 e. The second-order valence-corrected chi connectivity index (χ2v) is 11.2. The van der Waals surface area contributed by atoms with Gasteiger partial charge in [0.05, 0.1) is 5.41 Å². The van der Waals surface area contributed by atoms with Crippen LogP contribution >= 0.6 is 0 Å². The topological polar surface area (TPSA) is 37.3 Å². The van der Waals surface area contributed by atoms with Crippen molar-refractivity contribution in [3.63, 3.8) is 0 Å². The summed E-state index contributed by atoms with van der Waals surface area (Å²) < 4.78 is 0. The van der Waals surface area contributed by atoms with Crippen LogP contribution in [-0.2, 0) is 4.79 Å². The first-order valence-corrected chi connectivity index (χ1v) is 15.8. The van der Waals surface area contributed by atoms with Crippen LogP contribution in [0.25, 0.3) is 0 Å². The van der Waals surface area contributed by atoms with Crippen molar-refractivity contribution in [1.29, 1.82) is 0 Å². The monoisotopic (exact) mass is 480 g/mol. The molecule has 2 atom stereocenters. The molecule has 0 aliphatic carbocycles. The molecule has 2 nitrogen and oxygen atoms in total. The van der Waals surface area contributed by atoms with Crippen LogP contribution in [0.3, 0.4) is 0 Å². The van der Waals surface area contributed by atoms with Gasteiger partial charge in [-0.1, -0.05) is 169 Å². The lowest BCUT2D eigenvalue weighted by molar-refractivity contribution is -0.154. The minimum atomic E-state index is -0.528. The summed E-state index contributed by atoms with van der Waals surface area (Å²) in [5, 5.41) is 10.2. The average Bonchev–Trinajstić information content (AvgIpc) is 2.84. The maximum Gasteiger partial charge on any atom is 0.309 e. The number of carboxylic acid groups (broad SMARTS) is 1. The van der Waals surface area contributed by atoms with E-state index in [4.69, 9.17) is 0 Å². The van der Waals surface area contributed by atoms with E-state index in [0.29, 0.717) is 5.92 Å². The van der Waals surface area contributed by atoms with Gasteiger partial charge in [-0.2, -0.15) is 0 Å². The van der Waals surface area contributed by atoms with Crippen LogP contribution in [0.5, 0.6) is 0 Å². The standard InChI is InChI=1S/C32H64O2/c1-5-9-11-13-15-17-18-19-20-21-22-24-26-28-30(7-3)32(8-4,31(33)34)29-27-25-23-16-14-12-10-6-2/h30H,5-29H2,1-4H3,(H,33,34). The lowest BCUT2D eigenvalue weighted by Crippen LogP contribution is -2.38. The predicted octanol–water partition coefficient (Wildman–Crippen LogP) is 11.5. The molecule has 0 amide bonds. The van der Waals surface area contributed by atoms with E-state index in [2.05, 4.69) is 27.7 Å². The second kappa shape index (κ2) is 24.2. The van der Waals surface area contributed by atoms with Gasteiger partial charge in [-0.25, -0.2) is 0 Å². The zero-order valence-corrected chi connectivity index (χ0v) is 24.1. The first-order chi connectivity index (χ1) is 16.6. The zero-order chi connectivity index (χ0) is 25.3. The quantitative estimate of drug-likeness (QED) is 0.119. The molecule has 2 unspecified atom stereocenters. The highest BCUT2D eigenvalue weighted by molar-refractivity contribution is 5.75. The van der Waals surface area contributed by atoms with E-state index in [0.717, 1.165) is 32.1 Å². The fourth-order valence-corrected chi connectivity index (χ4v) is 5.96. The van der Waals surface area contributed by atoms with Gasteiger partial charge in [0.25, 0.3) is 0 Å². The molecule has 0 aliphatic heterocycles. The number of hydrogen-bond donors (Lipinski definition) is 1. The third-order valence-corrected chi connectivity index (χ3v) is 8.46. The molecule has 0 rings (SSSR count). The van der Waals surface area contributed by atoms with Crippen molar-refractivity contribution in [2.45, 2.75) is 188 Å². The minimum absolute atomic E-state index is 0.340. The van der Waals surface area contributed by atoms with Gasteiger partial charge < -0.3 is 5.11 Å². The Morgan fingerprint density at radius 1 is 0.559 bits per heavy atom. The number of carboxylic acids is 1. The van der Waals surface area contributed by atoms with Crippen LogP contribution in [0.1, 0.15) is 188 Å². The molecular weight excluding hydrogens is 416 g/mol. The van der Waals surface area contributed by atoms with Gasteiger partial charge in [-0.3, -0.25) is 4.79 Å². The molecule has 0 heterocycles. The normalized spacial score (nSPS) is 14.2. The van der Waals surface area contributed by atoms with Gasteiger partial charge in [0.2, 0.25) is 0 Å². The summed E-state index contributed by atoms with van der Waals surface area (Å²) in [4.78, 5) is 12.4. The molecule has 0 radical (unpaired) electrons. The highest BCUT2D eigenvalue weighted by Crippen LogP contribution is 2.42. The van der Waals surface area contributed by atoms with Crippen molar-refractivity contribution in [3.05, 3.63) is 0 Å². The van der Waals surface area contributed by atoms with E-state index < -0.39 is 11.4 Å². The smallest absolute Gasteiger partial charge is 0.309 e. The number of rotatable bonds is 27. The lowest BCUT2D eigenvalue weighted by Gasteiger charge is -2.36. The summed E-state index contributed by atoms with van der Waals surface area (Å²) in [5.74, 6) is -0.188. The molecule has 0 saturated carbocycles. The third kappa shape index (κ3) is 16.2. The third-order valence-electron chi connectivity index (χ3n) is 8.46. The summed E-state index contributed by atoms with van der Waals surface area (Å²) in [6, 6.07) is 0. The van der Waals surface area contributed by atoms with Crippen LogP contribution in [0, 0.1) is 11.3 Å². The molecule has 0 aromatic rings. The van der Waals surface area contributed by atoms with Crippen molar-refractivity contribution in [3.8, 4) is 0 Å². The predicted molar refractivity (Wildman–Crippen MR) is 152 cm³/mol. The summed E-state index contributed by atoms with van der Waals surface area (Å²) in [7, 11) is 0. The van der Waals surface area contributed by atoms with E-state index >= 15 is 0 Å². The Morgan fingerprint density at radius 3 is 1.24 bits per heavy atom. The molecule has 0 bridgehead atoms. The zero-order valence-electron chi connectivity index (χ0n) is 24.1. The Kier molecular flexibility index (Phi) is 23.8. The Labute approximate surface area is 215 Å². The fourth-order valence-electron chi connectivity index (χ4n) is 5.96. The molecule has 0 aromatic carbocycles. The van der Waals surface area contributed by atoms with Crippen molar-refractivity contribution in [2.24, 2.45) is 11.3 Å². The van der Waals surface area contributed by atoms with E-state index in [1.165, 1.54) is 128 Å². The second-order valence-electron chi connectivity index (χ2n) is 11.2. The Balaban J connectivity index is 4.07. The number of carbonyl (C=O) groups is 1. The lowest BCUT2D eigenvalue weighted by atomic mass is 9.67. The molecular formula is C32H64O2. The van der Waals surface area contributed by atoms with Gasteiger partial charge in [0.1, 0.15) is 0 Å². The van der Waals surface area contributed by atoms with E-state index in [9.17, 15) is 9.90 Å². The van der Waals surface area contributed by atoms with E-state index in [1.54, 1.807) is 0 Å². The van der Waals surface area contributed by atoms with Crippen molar-refractivity contribution in [2.75, 3.05) is 0 Å². The molecule has 2 heteroatoms. The van der Waals surface area contributed by atoms with Gasteiger partial charge >= 0.3 is 5.97 Å². The molecule has 1 N–H and O–H groups in total. The Bertz CT molecular complexity index is 433. The number of hydrogen-bond acceptors (Lipinski definition) is 1. The van der Waals surface area contributed by atoms with Crippen LogP contribution in [0.4, 0.5) is 0 Å². The van der Waals surface area contributed by atoms with Gasteiger partial charge in [-0.05, 0) is 25.2 Å². The Hall–Kier alpha value is -0.530. The van der Waals surface area contributed by atoms with Gasteiger partial charge in [-0.15, -0.1) is 0 Å². The SMILES string of the molecule is CCCCCCCCCCCCCCCC(CC)C(CC)(CCCCCCCCCC)C(=O)O. The van der Waals surface area contributed by atoms with E-state index in [1.807, 2.05) is 0 Å². The number of aliphatic carboxylic acids is 1. The van der Waals surface area contributed by atoms with Crippen molar-refractivity contribution < 1.29 is 9.90 Å². The molecule has 0 saturated heterocycles. The van der Waals surface area contributed by atoms with Crippen LogP contribution in [-0.4, -0.2) is 11.1 Å². The highest BCUT2D eigenvalue weighted by Gasteiger charge is 2.42. The van der Waals surface area contributed by atoms with Crippen LogP contribution < -0.4 is 0 Å². The molecule has 0 aliphatic rings. The van der Waals surface area contributed by atoms with Crippen LogP contribution in [0.2, 0.25) is 0 Å². The Morgan fingerprint density at radius 2 is 0.912 bits per heavy atom. The first kappa shape index (κ1) is 33.5. The van der Waals surface area contributed by atoms with Crippen LogP contribution in [0.15, 0.2) is 0 Å². The van der Waals surface area contributed by atoms with E-state index in [-0.39, 0.29) is 0 Å². The van der Waals surface area contributed by atoms with Gasteiger partial charge in [0.15, 0.2) is 0 Å². The maximum absolute atomic E-state index is 12.4. The first-order valence-electron chi connectivity index (χ1n) is 15.8. The minimum Gasteiger partial charge on any atom is -0.481 e. The summed E-state index contributed by atoms with van der Waals surface area (Å²) in [5.41, 5.74) is -0.492. The number of unbranched alkanes of at least 4 members (excludes halogenated alkanes) is 19. The maximum atomic E-state index is 12.4. The summed E-state index contributed by atoms with van der Waals surface area (Å²) in [6.07, 6.45) is 31.9. The molecule has 204 valence electrons. The fraction of sp³-hybridized carbons (Fsp3) is 0.969. The highest BCUT2D eigenvalue weighted by atomic mass is 16.4. The van der Waals surface area contributed by atoms with Crippen molar-refractivity contribution in [1.82, 2.24) is 0 Å². The molecule has 0 spiro atoms. The van der Waals surface area contributed by atoms with Gasteiger partial charge in [0, 0.05) is 0 Å². The molecule has 0 fully saturated rings. The summed E-state index contributed by atoms with van der Waals surface area (Å²) >= 11 is 0. The van der Waals surface area contributed by atoms with Crippen molar-refractivity contribution >= 4 is 5.97 Å².